The second-order valence-corrected chi connectivity index (χ2v) is 8.73. The van der Waals surface area contributed by atoms with Gasteiger partial charge in [-0.3, -0.25) is 4.90 Å². The summed E-state index contributed by atoms with van der Waals surface area (Å²) in [6.07, 6.45) is 1.18. The number of rotatable bonds is 3. The van der Waals surface area contributed by atoms with E-state index in [1.807, 2.05) is 45.2 Å². The summed E-state index contributed by atoms with van der Waals surface area (Å²) >= 11 is 3.00. The highest BCUT2D eigenvalue weighted by atomic mass is 32.1. The molecule has 0 aromatic carbocycles. The van der Waals surface area contributed by atoms with E-state index < -0.39 is 11.7 Å². The van der Waals surface area contributed by atoms with Crippen molar-refractivity contribution in [3.05, 3.63) is 34.2 Å². The molecular weight excluding hydrogens is 353 g/mol. The monoisotopic (exact) mass is 371 g/mol. The summed E-state index contributed by atoms with van der Waals surface area (Å²) < 4.78 is 7.12. The van der Waals surface area contributed by atoms with Gasteiger partial charge in [0.1, 0.15) is 19.0 Å². The Morgan fingerprint density at radius 1 is 1.40 bits per heavy atom. The van der Waals surface area contributed by atoms with Crippen molar-refractivity contribution in [2.45, 2.75) is 39.8 Å². The summed E-state index contributed by atoms with van der Waals surface area (Å²) in [5.41, 5.74) is 1.68. The molecule has 0 saturated heterocycles. The molecule has 0 unspecified atom stereocenters. The van der Waals surface area contributed by atoms with Crippen LogP contribution in [-0.2, 0) is 11.3 Å². The van der Waals surface area contributed by atoms with Gasteiger partial charge >= 0.3 is 6.09 Å². The Morgan fingerprint density at radius 3 is 2.80 bits per heavy atom. The Morgan fingerprint density at radius 2 is 2.16 bits per heavy atom. The standard InChI is InChI=1S/C17H18BN3O2S2/c1-10-13-14(25-15(10)18)12(8-19-20-13)21(9-11-6-5-7-24-11)16(22)23-17(2,3)4/h5-8H,9H2,1-4H3. The third kappa shape index (κ3) is 3.85. The molecule has 0 fully saturated rings. The molecular formula is C17H18BN3O2S2. The zero-order chi connectivity index (χ0) is 18.2. The Labute approximate surface area is 156 Å². The van der Waals surface area contributed by atoms with Crippen LogP contribution in [0.4, 0.5) is 10.5 Å². The van der Waals surface area contributed by atoms with Gasteiger partial charge in [0.05, 0.1) is 23.1 Å². The van der Waals surface area contributed by atoms with E-state index in [0.717, 1.165) is 20.7 Å². The smallest absolute Gasteiger partial charge is 0.415 e. The van der Waals surface area contributed by atoms with Crippen molar-refractivity contribution < 1.29 is 9.53 Å². The lowest BCUT2D eigenvalue weighted by atomic mass is 10.0. The number of nitrogens with zero attached hydrogens (tertiary/aromatic N) is 3. The number of thiophene rings is 2. The Hall–Kier alpha value is -1.93. The highest BCUT2D eigenvalue weighted by molar-refractivity contribution is 7.27. The summed E-state index contributed by atoms with van der Waals surface area (Å²) in [5, 5.41) is 10.2. The first-order valence-corrected chi connectivity index (χ1v) is 9.49. The van der Waals surface area contributed by atoms with Crippen molar-refractivity contribution in [1.82, 2.24) is 10.2 Å². The first kappa shape index (κ1) is 17.9. The van der Waals surface area contributed by atoms with E-state index in [2.05, 4.69) is 10.2 Å². The van der Waals surface area contributed by atoms with Crippen LogP contribution < -0.4 is 9.68 Å². The summed E-state index contributed by atoms with van der Waals surface area (Å²) in [4.78, 5) is 15.5. The zero-order valence-electron chi connectivity index (χ0n) is 14.6. The number of carbonyl (C=O) groups excluding carboxylic acids is 1. The quantitative estimate of drug-likeness (QED) is 0.658. The number of aromatic nitrogens is 2. The molecule has 128 valence electrons. The van der Waals surface area contributed by atoms with Crippen molar-refractivity contribution in [1.29, 1.82) is 0 Å². The molecule has 0 spiro atoms. The van der Waals surface area contributed by atoms with Crippen molar-refractivity contribution >= 4 is 57.3 Å². The number of fused-ring (bicyclic) bond motifs is 1. The summed E-state index contributed by atoms with van der Waals surface area (Å²) in [6.45, 7) is 7.86. The van der Waals surface area contributed by atoms with Crippen LogP contribution in [0.5, 0.6) is 0 Å². The molecule has 0 N–H and O–H groups in total. The van der Waals surface area contributed by atoms with Gasteiger partial charge in [0, 0.05) is 4.88 Å². The van der Waals surface area contributed by atoms with E-state index in [9.17, 15) is 4.79 Å². The molecule has 3 heterocycles. The maximum absolute atomic E-state index is 12.9. The van der Waals surface area contributed by atoms with Crippen LogP contribution in [0.25, 0.3) is 10.2 Å². The minimum atomic E-state index is -0.589. The van der Waals surface area contributed by atoms with Crippen LogP contribution in [0.2, 0.25) is 0 Å². The average molecular weight is 371 g/mol. The second kappa shape index (κ2) is 6.76. The molecule has 0 atom stereocenters. The van der Waals surface area contributed by atoms with Gasteiger partial charge in [0.2, 0.25) is 0 Å². The van der Waals surface area contributed by atoms with Crippen LogP contribution in [0, 0.1) is 6.92 Å². The molecule has 3 aromatic rings. The molecule has 3 aromatic heterocycles. The highest BCUT2D eigenvalue weighted by Crippen LogP contribution is 2.32. The predicted octanol–water partition coefficient (Wildman–Crippen LogP) is 3.80. The van der Waals surface area contributed by atoms with Crippen LogP contribution in [0.15, 0.2) is 23.7 Å². The third-order valence-electron chi connectivity index (χ3n) is 3.52. The van der Waals surface area contributed by atoms with Gasteiger partial charge in [-0.15, -0.1) is 27.8 Å². The van der Waals surface area contributed by atoms with Gasteiger partial charge in [0.15, 0.2) is 0 Å². The lowest BCUT2D eigenvalue weighted by molar-refractivity contribution is 0.0578. The molecule has 25 heavy (non-hydrogen) atoms. The maximum atomic E-state index is 12.9. The highest BCUT2D eigenvalue weighted by Gasteiger charge is 2.26. The van der Waals surface area contributed by atoms with Gasteiger partial charge < -0.3 is 4.74 Å². The molecule has 2 radical (unpaired) electrons. The number of anilines is 1. The topological polar surface area (TPSA) is 55.3 Å². The largest absolute Gasteiger partial charge is 0.443 e. The van der Waals surface area contributed by atoms with E-state index >= 15 is 0 Å². The molecule has 1 amide bonds. The number of hydrogen-bond donors (Lipinski definition) is 0. The SMILES string of the molecule is [B]c1sc2c(N(Cc3cccs3)C(=O)OC(C)(C)C)cnnc2c1C. The van der Waals surface area contributed by atoms with E-state index in [-0.39, 0.29) is 0 Å². The maximum Gasteiger partial charge on any atom is 0.415 e. The number of carbonyl (C=O) groups is 1. The van der Waals surface area contributed by atoms with E-state index in [1.54, 1.807) is 22.4 Å². The summed E-state index contributed by atoms with van der Waals surface area (Å²) in [5.74, 6) is 0. The molecule has 0 aliphatic carbocycles. The third-order valence-corrected chi connectivity index (χ3v) is 5.51. The zero-order valence-corrected chi connectivity index (χ0v) is 16.2. The number of hydrogen-bond acceptors (Lipinski definition) is 6. The predicted molar refractivity (Wildman–Crippen MR) is 104 cm³/mol. The normalized spacial score (nSPS) is 11.7. The Bertz CT molecular complexity index is 901. The van der Waals surface area contributed by atoms with Crippen molar-refractivity contribution in [3.63, 3.8) is 0 Å². The molecule has 0 aliphatic heterocycles. The average Bonchev–Trinajstić information content (AvgIpc) is 3.12. The number of ether oxygens (including phenoxy) is 1. The van der Waals surface area contributed by atoms with E-state index in [4.69, 9.17) is 12.6 Å². The molecule has 0 aliphatic rings. The lowest BCUT2D eigenvalue weighted by Crippen LogP contribution is -2.36. The van der Waals surface area contributed by atoms with Crippen molar-refractivity contribution in [2.75, 3.05) is 4.90 Å². The number of aryl methyl sites for hydroxylation is 1. The van der Waals surface area contributed by atoms with Gasteiger partial charge in [0.25, 0.3) is 0 Å². The lowest BCUT2D eigenvalue weighted by Gasteiger charge is -2.27. The van der Waals surface area contributed by atoms with Crippen molar-refractivity contribution in [2.24, 2.45) is 0 Å². The fourth-order valence-corrected chi connectivity index (χ4v) is 4.05. The first-order valence-electron chi connectivity index (χ1n) is 7.79. The molecule has 8 heteroatoms. The molecule has 5 nitrogen and oxygen atoms in total. The Kier molecular flexibility index (Phi) is 4.84. The fourth-order valence-electron chi connectivity index (χ4n) is 2.33. The van der Waals surface area contributed by atoms with Gasteiger partial charge in [-0.1, -0.05) is 6.07 Å². The summed E-state index contributed by atoms with van der Waals surface area (Å²) in [7, 11) is 6.05. The number of amides is 1. The van der Waals surface area contributed by atoms with Gasteiger partial charge in [-0.2, -0.15) is 5.10 Å². The van der Waals surface area contributed by atoms with Crippen LogP contribution in [0.1, 0.15) is 31.2 Å². The van der Waals surface area contributed by atoms with Crippen LogP contribution >= 0.6 is 22.7 Å². The first-order chi connectivity index (χ1) is 11.8. The molecule has 3 rings (SSSR count). The van der Waals surface area contributed by atoms with Crippen molar-refractivity contribution in [3.8, 4) is 0 Å². The Balaban J connectivity index is 2.08. The summed E-state index contributed by atoms with van der Waals surface area (Å²) in [6, 6.07) is 3.95. The van der Waals surface area contributed by atoms with E-state index in [0.29, 0.717) is 17.0 Å². The van der Waals surface area contributed by atoms with Crippen LogP contribution in [-0.4, -0.2) is 29.7 Å². The van der Waals surface area contributed by atoms with Gasteiger partial charge in [-0.05, 0) is 49.5 Å². The minimum absolute atomic E-state index is 0.407. The van der Waals surface area contributed by atoms with Crippen LogP contribution in [0.3, 0.4) is 0 Å². The molecule has 0 saturated carbocycles. The fraction of sp³-hybridized carbons (Fsp3) is 0.353. The minimum Gasteiger partial charge on any atom is -0.443 e. The molecule has 0 bridgehead atoms. The van der Waals surface area contributed by atoms with Gasteiger partial charge in [-0.25, -0.2) is 4.79 Å². The second-order valence-electron chi connectivity index (χ2n) is 6.64. The van der Waals surface area contributed by atoms with E-state index in [1.165, 1.54) is 11.3 Å².